The quantitative estimate of drug-likeness (QED) is 0.676. The van der Waals surface area contributed by atoms with Gasteiger partial charge in [0.25, 0.3) is 0 Å². The van der Waals surface area contributed by atoms with Gasteiger partial charge in [-0.05, 0) is 25.2 Å². The zero-order valence-electron chi connectivity index (χ0n) is 10.9. The molecule has 0 amide bonds. The zero-order valence-corrected chi connectivity index (χ0v) is 10.9. The van der Waals surface area contributed by atoms with Gasteiger partial charge in [0.2, 0.25) is 0 Å². The molecule has 0 rings (SSSR count). The SMILES string of the molecule is C=CN=C(CC(N)C(C)=O)C[C@@H](C)C(C)C. The molecule has 0 fully saturated rings. The van der Waals surface area contributed by atoms with Crippen LogP contribution < -0.4 is 5.73 Å². The van der Waals surface area contributed by atoms with Crippen molar-refractivity contribution < 1.29 is 4.79 Å². The van der Waals surface area contributed by atoms with Gasteiger partial charge >= 0.3 is 0 Å². The monoisotopic (exact) mass is 224 g/mol. The van der Waals surface area contributed by atoms with Crippen molar-refractivity contribution in [1.82, 2.24) is 0 Å². The van der Waals surface area contributed by atoms with Gasteiger partial charge in [0, 0.05) is 18.3 Å². The molecule has 3 heteroatoms. The second kappa shape index (κ2) is 7.34. The van der Waals surface area contributed by atoms with Gasteiger partial charge in [0.1, 0.15) is 5.78 Å². The van der Waals surface area contributed by atoms with E-state index in [1.165, 1.54) is 13.1 Å². The number of carbonyl (C=O) groups is 1. The van der Waals surface area contributed by atoms with Gasteiger partial charge in [0.15, 0.2) is 0 Å². The lowest BCUT2D eigenvalue weighted by molar-refractivity contribution is -0.118. The molecule has 0 aliphatic heterocycles. The molecule has 0 aliphatic rings. The van der Waals surface area contributed by atoms with E-state index in [4.69, 9.17) is 5.73 Å². The predicted molar refractivity (Wildman–Crippen MR) is 69.5 cm³/mol. The van der Waals surface area contributed by atoms with E-state index in [1.807, 2.05) is 0 Å². The van der Waals surface area contributed by atoms with Crippen LogP contribution in [0.1, 0.15) is 40.5 Å². The van der Waals surface area contributed by atoms with Crippen molar-refractivity contribution in [2.24, 2.45) is 22.6 Å². The average Bonchev–Trinajstić information content (AvgIpc) is 2.17. The van der Waals surface area contributed by atoms with Crippen LogP contribution in [0.15, 0.2) is 17.8 Å². The van der Waals surface area contributed by atoms with Crippen LogP contribution in [0.4, 0.5) is 0 Å². The zero-order chi connectivity index (χ0) is 12.7. The van der Waals surface area contributed by atoms with Gasteiger partial charge in [-0.25, -0.2) is 0 Å². The van der Waals surface area contributed by atoms with Crippen molar-refractivity contribution in [2.75, 3.05) is 0 Å². The topological polar surface area (TPSA) is 55.4 Å². The van der Waals surface area contributed by atoms with E-state index in [0.29, 0.717) is 18.3 Å². The van der Waals surface area contributed by atoms with Crippen molar-refractivity contribution in [1.29, 1.82) is 0 Å². The van der Waals surface area contributed by atoms with E-state index in [2.05, 4.69) is 32.3 Å². The van der Waals surface area contributed by atoms with Crippen molar-refractivity contribution in [3.63, 3.8) is 0 Å². The summed E-state index contributed by atoms with van der Waals surface area (Å²) in [5.41, 5.74) is 6.71. The van der Waals surface area contributed by atoms with Gasteiger partial charge in [-0.1, -0.05) is 27.4 Å². The lowest BCUT2D eigenvalue weighted by Crippen LogP contribution is -2.31. The maximum atomic E-state index is 11.1. The third-order valence-electron chi connectivity index (χ3n) is 2.95. The van der Waals surface area contributed by atoms with Crippen LogP contribution >= 0.6 is 0 Å². The highest BCUT2D eigenvalue weighted by molar-refractivity contribution is 5.92. The van der Waals surface area contributed by atoms with E-state index in [0.717, 1.165) is 12.1 Å². The Balaban J connectivity index is 4.46. The predicted octanol–water partition coefficient (Wildman–Crippen LogP) is 2.56. The molecule has 0 aromatic heterocycles. The third-order valence-corrected chi connectivity index (χ3v) is 2.95. The Hall–Kier alpha value is -0.960. The number of nitrogens with zero attached hydrogens (tertiary/aromatic N) is 1. The third kappa shape index (κ3) is 5.81. The van der Waals surface area contributed by atoms with E-state index in [1.54, 1.807) is 0 Å². The number of ketones is 1. The first-order valence-corrected chi connectivity index (χ1v) is 5.81. The molecule has 0 heterocycles. The number of hydrogen-bond acceptors (Lipinski definition) is 3. The van der Waals surface area contributed by atoms with E-state index in [-0.39, 0.29) is 5.78 Å². The van der Waals surface area contributed by atoms with Crippen LogP contribution in [0, 0.1) is 11.8 Å². The molecule has 2 atom stereocenters. The molecule has 3 nitrogen and oxygen atoms in total. The molecular weight excluding hydrogens is 200 g/mol. The number of hydrogen-bond donors (Lipinski definition) is 1. The normalized spacial score (nSPS) is 16.0. The smallest absolute Gasteiger partial charge is 0.146 e. The summed E-state index contributed by atoms with van der Waals surface area (Å²) in [7, 11) is 0. The van der Waals surface area contributed by atoms with E-state index >= 15 is 0 Å². The summed E-state index contributed by atoms with van der Waals surface area (Å²) in [6, 6.07) is -0.432. The molecule has 0 aromatic rings. The summed E-state index contributed by atoms with van der Waals surface area (Å²) in [5.74, 6) is 1.15. The standard InChI is InChI=1S/C13H24N2O/c1-6-15-12(7-10(4)9(2)3)8-13(14)11(5)16/h6,9-10,13H,1,7-8,14H2,2-5H3/t10-,13?/m1/s1. The molecule has 16 heavy (non-hydrogen) atoms. The van der Waals surface area contributed by atoms with Crippen LogP contribution in [0.25, 0.3) is 0 Å². The van der Waals surface area contributed by atoms with Gasteiger partial charge in [-0.2, -0.15) is 0 Å². The van der Waals surface area contributed by atoms with Crippen molar-refractivity contribution in [3.8, 4) is 0 Å². The van der Waals surface area contributed by atoms with Crippen molar-refractivity contribution >= 4 is 11.5 Å². The summed E-state index contributed by atoms with van der Waals surface area (Å²) in [5, 5.41) is 0. The molecule has 0 radical (unpaired) electrons. The molecule has 0 bridgehead atoms. The second-order valence-electron chi connectivity index (χ2n) is 4.72. The Morgan fingerprint density at radius 3 is 2.31 bits per heavy atom. The number of nitrogens with two attached hydrogens (primary N) is 1. The van der Waals surface area contributed by atoms with Crippen molar-refractivity contribution in [3.05, 3.63) is 12.8 Å². The first-order valence-electron chi connectivity index (χ1n) is 5.81. The largest absolute Gasteiger partial charge is 0.321 e. The minimum absolute atomic E-state index is 0.00830. The summed E-state index contributed by atoms with van der Waals surface area (Å²) in [4.78, 5) is 15.3. The minimum atomic E-state index is -0.432. The molecule has 0 saturated heterocycles. The van der Waals surface area contributed by atoms with Crippen LogP contribution in [-0.2, 0) is 4.79 Å². The van der Waals surface area contributed by atoms with Crippen LogP contribution in [-0.4, -0.2) is 17.5 Å². The van der Waals surface area contributed by atoms with Crippen LogP contribution in [0.2, 0.25) is 0 Å². The summed E-state index contributed by atoms with van der Waals surface area (Å²) in [6.07, 6.45) is 2.94. The Morgan fingerprint density at radius 1 is 1.38 bits per heavy atom. The average molecular weight is 224 g/mol. The fourth-order valence-electron chi connectivity index (χ4n) is 1.32. The highest BCUT2D eigenvalue weighted by Crippen LogP contribution is 2.16. The van der Waals surface area contributed by atoms with Gasteiger partial charge < -0.3 is 5.73 Å². The minimum Gasteiger partial charge on any atom is -0.321 e. The Morgan fingerprint density at radius 2 is 1.94 bits per heavy atom. The summed E-state index contributed by atoms with van der Waals surface area (Å²) >= 11 is 0. The highest BCUT2D eigenvalue weighted by Gasteiger charge is 2.15. The van der Waals surface area contributed by atoms with E-state index < -0.39 is 6.04 Å². The van der Waals surface area contributed by atoms with E-state index in [9.17, 15) is 4.79 Å². The molecule has 0 aromatic carbocycles. The number of Topliss-reactive ketones (excluding diaryl/α,β-unsaturated/α-hetero) is 1. The Kier molecular flexibility index (Phi) is 6.90. The molecule has 0 saturated carbocycles. The summed E-state index contributed by atoms with van der Waals surface area (Å²) in [6.45, 7) is 11.7. The fourth-order valence-corrected chi connectivity index (χ4v) is 1.32. The number of rotatable bonds is 7. The van der Waals surface area contributed by atoms with Gasteiger partial charge in [0.05, 0.1) is 6.04 Å². The molecule has 1 unspecified atom stereocenters. The first kappa shape index (κ1) is 15.0. The number of carbonyl (C=O) groups excluding carboxylic acids is 1. The fraction of sp³-hybridized carbons (Fsp3) is 0.692. The molecule has 0 spiro atoms. The molecule has 2 N–H and O–H groups in total. The van der Waals surface area contributed by atoms with Crippen molar-refractivity contribution in [2.45, 2.75) is 46.6 Å². The molecule has 0 aliphatic carbocycles. The van der Waals surface area contributed by atoms with Crippen LogP contribution in [0.5, 0.6) is 0 Å². The highest BCUT2D eigenvalue weighted by atomic mass is 16.1. The molecular formula is C13H24N2O. The maximum Gasteiger partial charge on any atom is 0.146 e. The molecule has 92 valence electrons. The Bertz CT molecular complexity index is 269. The number of aliphatic imine (C=N–C) groups is 1. The van der Waals surface area contributed by atoms with Gasteiger partial charge in [-0.15, -0.1) is 0 Å². The lowest BCUT2D eigenvalue weighted by atomic mass is 9.90. The maximum absolute atomic E-state index is 11.1. The second-order valence-corrected chi connectivity index (χ2v) is 4.72. The van der Waals surface area contributed by atoms with Crippen LogP contribution in [0.3, 0.4) is 0 Å². The summed E-state index contributed by atoms with van der Waals surface area (Å²) < 4.78 is 0. The first-order chi connectivity index (χ1) is 7.38. The van der Waals surface area contributed by atoms with Gasteiger partial charge in [-0.3, -0.25) is 9.79 Å². The Labute approximate surface area is 98.8 Å². The lowest BCUT2D eigenvalue weighted by Gasteiger charge is -2.18.